The van der Waals surface area contributed by atoms with Crippen LogP contribution in [0.25, 0.3) is 16.8 Å². The molecule has 1 N–H and O–H groups in total. The first-order chi connectivity index (χ1) is 12.6. The lowest BCUT2D eigenvalue weighted by Gasteiger charge is -2.04. The van der Waals surface area contributed by atoms with Gasteiger partial charge in [0.2, 0.25) is 0 Å². The third-order valence-electron chi connectivity index (χ3n) is 4.38. The van der Waals surface area contributed by atoms with Gasteiger partial charge in [-0.05, 0) is 65.2 Å². The van der Waals surface area contributed by atoms with Crippen molar-refractivity contribution in [2.45, 2.75) is 13.8 Å². The molecule has 4 rings (SSSR count). The van der Waals surface area contributed by atoms with Gasteiger partial charge in [-0.2, -0.15) is 0 Å². The molecule has 0 aromatic heterocycles. The Kier molecular flexibility index (Phi) is 4.35. The third kappa shape index (κ3) is 3.28. The maximum atomic E-state index is 12.3. The van der Waals surface area contributed by atoms with E-state index in [1.165, 1.54) is 17.1 Å². The summed E-state index contributed by atoms with van der Waals surface area (Å²) in [6.07, 6.45) is 1.92. The van der Waals surface area contributed by atoms with Crippen molar-refractivity contribution < 1.29 is 4.79 Å². The fourth-order valence-corrected chi connectivity index (χ4v) is 3.84. The van der Waals surface area contributed by atoms with E-state index in [9.17, 15) is 4.79 Å². The number of benzene rings is 3. The van der Waals surface area contributed by atoms with Gasteiger partial charge in [0.25, 0.3) is 5.91 Å². The lowest BCUT2D eigenvalue weighted by molar-refractivity contribution is -0.115. The summed E-state index contributed by atoms with van der Waals surface area (Å²) >= 11 is 1.38. The van der Waals surface area contributed by atoms with E-state index in [0.29, 0.717) is 10.1 Å². The summed E-state index contributed by atoms with van der Waals surface area (Å²) < 4.78 is 0. The highest BCUT2D eigenvalue weighted by Crippen LogP contribution is 2.31. The molecule has 3 aromatic rings. The van der Waals surface area contributed by atoms with E-state index < -0.39 is 0 Å². The van der Waals surface area contributed by atoms with E-state index in [4.69, 9.17) is 0 Å². The largest absolute Gasteiger partial charge is 0.300 e. The van der Waals surface area contributed by atoms with Gasteiger partial charge in [-0.15, -0.1) is 0 Å². The molecule has 0 spiro atoms. The first-order valence-electron chi connectivity index (χ1n) is 8.45. The molecule has 1 saturated heterocycles. The topological polar surface area (TPSA) is 41.5 Å². The fourth-order valence-electron chi connectivity index (χ4n) is 3.01. The van der Waals surface area contributed by atoms with E-state index in [0.717, 1.165) is 27.8 Å². The van der Waals surface area contributed by atoms with Crippen molar-refractivity contribution in [1.29, 1.82) is 0 Å². The highest BCUT2D eigenvalue weighted by Gasteiger charge is 2.24. The molecule has 4 heteroatoms. The number of amidine groups is 1. The van der Waals surface area contributed by atoms with Gasteiger partial charge < -0.3 is 5.32 Å². The Hall–Kier alpha value is -2.85. The SMILES string of the molecule is Cc1cccc(C)c1N=C1NC(=O)/C(=C\c2ccc3ccccc3c2)S1. The van der Waals surface area contributed by atoms with Crippen LogP contribution in [0.3, 0.4) is 0 Å². The second-order valence-corrected chi connectivity index (χ2v) is 7.36. The average Bonchev–Trinajstić information content (AvgIpc) is 2.97. The molecule has 0 radical (unpaired) electrons. The van der Waals surface area contributed by atoms with Crippen LogP contribution >= 0.6 is 11.8 Å². The van der Waals surface area contributed by atoms with Crippen LogP contribution < -0.4 is 5.32 Å². The summed E-state index contributed by atoms with van der Waals surface area (Å²) in [7, 11) is 0. The summed E-state index contributed by atoms with van der Waals surface area (Å²) in [6.45, 7) is 4.05. The third-order valence-corrected chi connectivity index (χ3v) is 5.28. The number of carbonyl (C=O) groups is 1. The van der Waals surface area contributed by atoms with E-state index in [1.807, 2.05) is 56.3 Å². The smallest absolute Gasteiger partial charge is 0.264 e. The molecule has 26 heavy (non-hydrogen) atoms. The van der Waals surface area contributed by atoms with Gasteiger partial charge in [-0.25, -0.2) is 4.99 Å². The Morgan fingerprint density at radius 1 is 0.923 bits per heavy atom. The summed E-state index contributed by atoms with van der Waals surface area (Å²) in [5.41, 5.74) is 4.12. The molecule has 1 aliphatic rings. The normalized spacial score (nSPS) is 17.2. The van der Waals surface area contributed by atoms with Crippen LogP contribution in [0.15, 0.2) is 70.6 Å². The maximum Gasteiger partial charge on any atom is 0.264 e. The molecule has 3 nitrogen and oxygen atoms in total. The molecule has 1 heterocycles. The van der Waals surface area contributed by atoms with Crippen LogP contribution in [0.2, 0.25) is 0 Å². The van der Waals surface area contributed by atoms with Crippen LogP contribution in [0.1, 0.15) is 16.7 Å². The van der Waals surface area contributed by atoms with Crippen LogP contribution in [-0.2, 0) is 4.79 Å². The zero-order chi connectivity index (χ0) is 18.1. The van der Waals surface area contributed by atoms with E-state index >= 15 is 0 Å². The lowest BCUT2D eigenvalue weighted by Crippen LogP contribution is -2.19. The number of amides is 1. The zero-order valence-electron chi connectivity index (χ0n) is 14.6. The Bertz CT molecular complexity index is 1060. The number of carbonyl (C=O) groups excluding carboxylic acids is 1. The molecular weight excluding hydrogens is 340 g/mol. The predicted octanol–water partition coefficient (Wildman–Crippen LogP) is 5.35. The minimum atomic E-state index is -0.104. The van der Waals surface area contributed by atoms with E-state index in [-0.39, 0.29) is 5.91 Å². The highest BCUT2D eigenvalue weighted by molar-refractivity contribution is 8.18. The van der Waals surface area contributed by atoms with Crippen molar-refractivity contribution in [3.05, 3.63) is 82.3 Å². The average molecular weight is 358 g/mol. The lowest BCUT2D eigenvalue weighted by atomic mass is 10.1. The Morgan fingerprint density at radius 3 is 2.42 bits per heavy atom. The second kappa shape index (κ2) is 6.81. The number of aliphatic imine (C=N–C) groups is 1. The molecule has 0 unspecified atom stereocenters. The molecule has 1 amide bonds. The molecule has 0 saturated carbocycles. The predicted molar refractivity (Wildman–Crippen MR) is 111 cm³/mol. The molecule has 128 valence electrons. The molecular formula is C22H18N2OS. The minimum absolute atomic E-state index is 0.104. The standard InChI is InChI=1S/C22H18N2OS/c1-14-6-5-7-15(2)20(14)23-22-24-21(25)19(26-22)13-16-10-11-17-8-3-4-9-18(17)12-16/h3-13H,1-2H3,(H,23,24,25)/b19-13+. The number of aryl methyl sites for hydroxylation is 2. The van der Waals surface area contributed by atoms with Gasteiger partial charge in [0.1, 0.15) is 0 Å². The van der Waals surface area contributed by atoms with Gasteiger partial charge in [-0.1, -0.05) is 54.6 Å². The summed E-state index contributed by atoms with van der Waals surface area (Å²) in [4.78, 5) is 17.6. The van der Waals surface area contributed by atoms with Crippen LogP contribution in [-0.4, -0.2) is 11.1 Å². The number of hydrogen-bond acceptors (Lipinski definition) is 3. The van der Waals surface area contributed by atoms with Crippen molar-refractivity contribution in [3.63, 3.8) is 0 Å². The minimum Gasteiger partial charge on any atom is -0.300 e. The summed E-state index contributed by atoms with van der Waals surface area (Å²) in [5.74, 6) is -0.104. The molecule has 0 bridgehead atoms. The van der Waals surface area contributed by atoms with Crippen molar-refractivity contribution in [3.8, 4) is 0 Å². The monoisotopic (exact) mass is 358 g/mol. The summed E-state index contributed by atoms with van der Waals surface area (Å²) in [6, 6.07) is 20.5. The number of fused-ring (bicyclic) bond motifs is 1. The number of para-hydroxylation sites is 1. The molecule has 1 aliphatic heterocycles. The fraction of sp³-hybridized carbons (Fsp3) is 0.0909. The highest BCUT2D eigenvalue weighted by atomic mass is 32.2. The Morgan fingerprint density at radius 2 is 1.65 bits per heavy atom. The molecule has 1 fully saturated rings. The summed E-state index contributed by atoms with van der Waals surface area (Å²) in [5, 5.41) is 5.85. The van der Waals surface area contributed by atoms with Gasteiger partial charge in [-0.3, -0.25) is 4.79 Å². The Balaban J connectivity index is 1.65. The number of nitrogens with zero attached hydrogens (tertiary/aromatic N) is 1. The quantitative estimate of drug-likeness (QED) is 0.628. The van der Waals surface area contributed by atoms with Gasteiger partial charge in [0.15, 0.2) is 5.17 Å². The van der Waals surface area contributed by atoms with Gasteiger partial charge in [0.05, 0.1) is 10.6 Å². The number of thioether (sulfide) groups is 1. The maximum absolute atomic E-state index is 12.3. The first-order valence-corrected chi connectivity index (χ1v) is 9.26. The van der Waals surface area contributed by atoms with Gasteiger partial charge >= 0.3 is 0 Å². The molecule has 0 atom stereocenters. The molecule has 0 aliphatic carbocycles. The van der Waals surface area contributed by atoms with E-state index in [1.54, 1.807) is 0 Å². The second-order valence-electron chi connectivity index (χ2n) is 6.33. The van der Waals surface area contributed by atoms with Crippen LogP contribution in [0.4, 0.5) is 5.69 Å². The number of nitrogens with one attached hydrogen (secondary N) is 1. The van der Waals surface area contributed by atoms with Crippen molar-refractivity contribution in [1.82, 2.24) is 5.32 Å². The molecule has 3 aromatic carbocycles. The van der Waals surface area contributed by atoms with Crippen LogP contribution in [0, 0.1) is 13.8 Å². The number of hydrogen-bond donors (Lipinski definition) is 1. The van der Waals surface area contributed by atoms with Crippen molar-refractivity contribution >= 4 is 45.4 Å². The number of rotatable bonds is 2. The van der Waals surface area contributed by atoms with E-state index in [2.05, 4.69) is 34.6 Å². The van der Waals surface area contributed by atoms with Crippen LogP contribution in [0.5, 0.6) is 0 Å². The van der Waals surface area contributed by atoms with Crippen molar-refractivity contribution in [2.75, 3.05) is 0 Å². The first kappa shape index (κ1) is 16.6. The Labute approximate surface area is 156 Å². The van der Waals surface area contributed by atoms with Gasteiger partial charge in [0, 0.05) is 0 Å². The zero-order valence-corrected chi connectivity index (χ0v) is 15.4. The van der Waals surface area contributed by atoms with Crippen molar-refractivity contribution in [2.24, 2.45) is 4.99 Å².